The molecule has 0 amide bonds. The van der Waals surface area contributed by atoms with Crippen molar-refractivity contribution in [1.82, 2.24) is 0 Å². The fourth-order valence-corrected chi connectivity index (χ4v) is 1.83. The zero-order chi connectivity index (χ0) is 13.1. The van der Waals surface area contributed by atoms with E-state index in [1.54, 1.807) is 0 Å². The van der Waals surface area contributed by atoms with E-state index < -0.39 is 17.9 Å². The topological polar surface area (TPSA) is 74.6 Å². The Bertz CT molecular complexity index is 221. The Balaban J connectivity index is -0.00000128. The molecule has 0 rings (SSSR count). The van der Waals surface area contributed by atoms with Crippen molar-refractivity contribution in [3.63, 3.8) is 0 Å². The largest absolute Gasteiger partial charge is 0.481 e. The van der Waals surface area contributed by atoms with Gasteiger partial charge in [-0.05, 0) is 6.42 Å². The SMILES string of the molecule is CCCCCCCCCCC(C(=O)O)C(=O)O.Cl.Cl. The van der Waals surface area contributed by atoms with E-state index >= 15 is 0 Å². The molecule has 0 aromatic rings. The van der Waals surface area contributed by atoms with Gasteiger partial charge in [0.05, 0.1) is 0 Å². The Morgan fingerprint density at radius 3 is 1.53 bits per heavy atom. The molecule has 6 heteroatoms. The normalized spacial score (nSPS) is 9.58. The summed E-state index contributed by atoms with van der Waals surface area (Å²) in [5, 5.41) is 17.3. The van der Waals surface area contributed by atoms with E-state index in [1.807, 2.05) is 0 Å². The van der Waals surface area contributed by atoms with Crippen LogP contribution in [0, 0.1) is 5.92 Å². The Labute approximate surface area is 127 Å². The summed E-state index contributed by atoms with van der Waals surface area (Å²) in [6, 6.07) is 0. The van der Waals surface area contributed by atoms with Crippen LogP contribution in [0.4, 0.5) is 0 Å². The van der Waals surface area contributed by atoms with Crippen molar-refractivity contribution in [2.24, 2.45) is 5.92 Å². The number of unbranched alkanes of at least 4 members (excludes halogenated alkanes) is 7. The first kappa shape index (κ1) is 23.6. The van der Waals surface area contributed by atoms with E-state index in [-0.39, 0.29) is 31.2 Å². The molecule has 4 nitrogen and oxygen atoms in total. The lowest BCUT2D eigenvalue weighted by Gasteiger charge is -2.06. The monoisotopic (exact) mass is 316 g/mol. The van der Waals surface area contributed by atoms with Crippen molar-refractivity contribution in [3.05, 3.63) is 0 Å². The molecule has 0 aromatic heterocycles. The molecular weight excluding hydrogens is 291 g/mol. The molecule has 0 aliphatic rings. The average Bonchev–Trinajstić information content (AvgIpc) is 2.26. The Kier molecular flexibility index (Phi) is 19.3. The highest BCUT2D eigenvalue weighted by Crippen LogP contribution is 2.13. The molecule has 0 saturated carbocycles. The smallest absolute Gasteiger partial charge is 0.317 e. The van der Waals surface area contributed by atoms with Crippen molar-refractivity contribution in [1.29, 1.82) is 0 Å². The third-order valence-corrected chi connectivity index (χ3v) is 2.94. The molecule has 0 fully saturated rings. The van der Waals surface area contributed by atoms with E-state index in [2.05, 4.69) is 6.92 Å². The van der Waals surface area contributed by atoms with Crippen LogP contribution in [0.25, 0.3) is 0 Å². The van der Waals surface area contributed by atoms with Crippen LogP contribution in [0.3, 0.4) is 0 Å². The Hall–Kier alpha value is -0.480. The molecule has 0 bridgehead atoms. The summed E-state index contributed by atoms with van der Waals surface area (Å²) in [6.45, 7) is 2.18. The standard InChI is InChI=1S/C13H24O4.2ClH/c1-2-3-4-5-6-7-8-9-10-11(12(14)15)13(16)17;;/h11H,2-10H2,1H3,(H,14,15)(H,16,17);2*1H. The zero-order valence-electron chi connectivity index (χ0n) is 11.5. The molecule has 0 unspecified atom stereocenters. The predicted molar refractivity (Wildman–Crippen MR) is 80.5 cm³/mol. The number of carbonyl (C=O) groups is 2. The fourth-order valence-electron chi connectivity index (χ4n) is 1.83. The van der Waals surface area contributed by atoms with Gasteiger partial charge in [-0.25, -0.2) is 0 Å². The predicted octanol–water partition coefficient (Wildman–Crippen LogP) is 4.15. The highest BCUT2D eigenvalue weighted by Gasteiger charge is 2.24. The van der Waals surface area contributed by atoms with Crippen LogP contribution < -0.4 is 0 Å². The van der Waals surface area contributed by atoms with Gasteiger partial charge >= 0.3 is 11.9 Å². The van der Waals surface area contributed by atoms with Crippen LogP contribution in [-0.4, -0.2) is 22.2 Å². The Morgan fingerprint density at radius 2 is 1.16 bits per heavy atom. The lowest BCUT2D eigenvalue weighted by Crippen LogP contribution is -2.23. The molecule has 116 valence electrons. The summed E-state index contributed by atoms with van der Waals surface area (Å²) in [5.41, 5.74) is 0. The van der Waals surface area contributed by atoms with Gasteiger partial charge in [0.2, 0.25) is 0 Å². The molecule has 0 heterocycles. The van der Waals surface area contributed by atoms with Gasteiger partial charge < -0.3 is 10.2 Å². The van der Waals surface area contributed by atoms with Crippen molar-refractivity contribution in [2.75, 3.05) is 0 Å². The summed E-state index contributed by atoms with van der Waals surface area (Å²) >= 11 is 0. The molecule has 0 spiro atoms. The molecule has 0 aromatic carbocycles. The second-order valence-corrected chi connectivity index (χ2v) is 4.49. The number of carboxylic acid groups (broad SMARTS) is 2. The van der Waals surface area contributed by atoms with Gasteiger partial charge in [-0.2, -0.15) is 0 Å². The minimum Gasteiger partial charge on any atom is -0.481 e. The van der Waals surface area contributed by atoms with Gasteiger partial charge in [0.1, 0.15) is 0 Å². The maximum absolute atomic E-state index is 10.6. The van der Waals surface area contributed by atoms with E-state index in [0.29, 0.717) is 6.42 Å². The van der Waals surface area contributed by atoms with Crippen LogP contribution >= 0.6 is 24.8 Å². The third-order valence-electron chi connectivity index (χ3n) is 2.94. The van der Waals surface area contributed by atoms with Crippen molar-refractivity contribution in [2.45, 2.75) is 64.7 Å². The lowest BCUT2D eigenvalue weighted by atomic mass is 10.0. The minimum absolute atomic E-state index is 0. The number of rotatable bonds is 11. The molecular formula is C13H26Cl2O4. The van der Waals surface area contributed by atoms with Gasteiger partial charge in [0, 0.05) is 0 Å². The first-order valence-corrected chi connectivity index (χ1v) is 6.55. The summed E-state index contributed by atoms with van der Waals surface area (Å²) in [7, 11) is 0. The van der Waals surface area contributed by atoms with Crippen LogP contribution in [0.5, 0.6) is 0 Å². The molecule has 0 saturated heterocycles. The lowest BCUT2D eigenvalue weighted by molar-refractivity contribution is -0.154. The summed E-state index contributed by atoms with van der Waals surface area (Å²) in [5.74, 6) is -3.67. The number of hydrogen-bond donors (Lipinski definition) is 2. The van der Waals surface area contributed by atoms with Gasteiger partial charge in [-0.1, -0.05) is 58.3 Å². The minimum atomic E-state index is -1.23. The molecule has 19 heavy (non-hydrogen) atoms. The van der Waals surface area contributed by atoms with Crippen LogP contribution in [-0.2, 0) is 9.59 Å². The number of halogens is 2. The van der Waals surface area contributed by atoms with Crippen molar-refractivity contribution >= 4 is 36.8 Å². The maximum atomic E-state index is 10.6. The van der Waals surface area contributed by atoms with Crippen molar-refractivity contribution in [3.8, 4) is 0 Å². The molecule has 0 radical (unpaired) electrons. The number of aliphatic carboxylic acids is 2. The fraction of sp³-hybridized carbons (Fsp3) is 0.846. The van der Waals surface area contributed by atoms with Crippen LogP contribution in [0.15, 0.2) is 0 Å². The average molecular weight is 317 g/mol. The van der Waals surface area contributed by atoms with Crippen LogP contribution in [0.2, 0.25) is 0 Å². The van der Waals surface area contributed by atoms with Crippen LogP contribution in [0.1, 0.15) is 64.7 Å². The second-order valence-electron chi connectivity index (χ2n) is 4.49. The molecule has 2 N–H and O–H groups in total. The first-order valence-electron chi connectivity index (χ1n) is 6.55. The number of hydrogen-bond acceptors (Lipinski definition) is 2. The summed E-state index contributed by atoms with van der Waals surface area (Å²) in [6.07, 6.45) is 9.14. The number of carboxylic acids is 2. The van der Waals surface area contributed by atoms with E-state index in [1.165, 1.54) is 32.1 Å². The molecule has 0 aliphatic carbocycles. The van der Waals surface area contributed by atoms with E-state index in [0.717, 1.165) is 12.8 Å². The molecule has 0 atom stereocenters. The van der Waals surface area contributed by atoms with Crippen molar-refractivity contribution < 1.29 is 19.8 Å². The van der Waals surface area contributed by atoms with Gasteiger partial charge in [-0.3, -0.25) is 9.59 Å². The summed E-state index contributed by atoms with van der Waals surface area (Å²) < 4.78 is 0. The maximum Gasteiger partial charge on any atom is 0.317 e. The van der Waals surface area contributed by atoms with Gasteiger partial charge in [-0.15, -0.1) is 24.8 Å². The van der Waals surface area contributed by atoms with Gasteiger partial charge in [0.15, 0.2) is 5.92 Å². The van der Waals surface area contributed by atoms with E-state index in [4.69, 9.17) is 10.2 Å². The third kappa shape index (κ3) is 13.7. The highest BCUT2D eigenvalue weighted by atomic mass is 35.5. The summed E-state index contributed by atoms with van der Waals surface area (Å²) in [4.78, 5) is 21.2. The molecule has 0 aliphatic heterocycles. The second kappa shape index (κ2) is 15.6. The quantitative estimate of drug-likeness (QED) is 0.443. The zero-order valence-corrected chi connectivity index (χ0v) is 13.1. The highest BCUT2D eigenvalue weighted by molar-refractivity contribution is 5.92. The van der Waals surface area contributed by atoms with E-state index in [9.17, 15) is 9.59 Å². The Morgan fingerprint density at radius 1 is 0.789 bits per heavy atom. The van der Waals surface area contributed by atoms with Gasteiger partial charge in [0.25, 0.3) is 0 Å². The first-order chi connectivity index (χ1) is 8.09.